The summed E-state index contributed by atoms with van der Waals surface area (Å²) in [7, 11) is 2.39. The van der Waals surface area contributed by atoms with Crippen molar-refractivity contribution in [3.8, 4) is 0 Å². The van der Waals surface area contributed by atoms with E-state index in [1.807, 2.05) is 19.0 Å². The second kappa shape index (κ2) is 6.13. The van der Waals surface area contributed by atoms with Crippen molar-refractivity contribution in [3.63, 3.8) is 0 Å². The fourth-order valence-electron chi connectivity index (χ4n) is 1.50. The average molecular weight is 263 g/mol. The van der Waals surface area contributed by atoms with E-state index in [-0.39, 0.29) is 5.25 Å². The summed E-state index contributed by atoms with van der Waals surface area (Å²) in [5.41, 5.74) is 0. The lowest BCUT2D eigenvalue weighted by molar-refractivity contribution is 0.356. The minimum absolute atomic E-state index is 0.352. The van der Waals surface area contributed by atoms with Gasteiger partial charge in [0.15, 0.2) is 0 Å². The molecule has 17 heavy (non-hydrogen) atoms. The number of nitrogens with one attached hydrogen (secondary N) is 1. The smallest absolute Gasteiger partial charge is 0.217 e. The molecular formula is C11H25N3O2S. The summed E-state index contributed by atoms with van der Waals surface area (Å²) in [6.07, 6.45) is 2.37. The van der Waals surface area contributed by atoms with Gasteiger partial charge in [-0.1, -0.05) is 0 Å². The molecule has 0 bridgehead atoms. The summed E-state index contributed by atoms with van der Waals surface area (Å²) >= 11 is 0. The van der Waals surface area contributed by atoms with Crippen LogP contribution in [0.4, 0.5) is 0 Å². The van der Waals surface area contributed by atoms with E-state index in [2.05, 4.69) is 5.32 Å². The van der Waals surface area contributed by atoms with Gasteiger partial charge < -0.3 is 10.2 Å². The van der Waals surface area contributed by atoms with E-state index < -0.39 is 10.0 Å². The Labute approximate surface area is 105 Å². The van der Waals surface area contributed by atoms with Gasteiger partial charge in [-0.2, -0.15) is 0 Å². The SMILES string of the molecule is CC(CNC1CC1)S(=O)(=O)N(C)CCN(C)C. The lowest BCUT2D eigenvalue weighted by Gasteiger charge is -2.23. The van der Waals surface area contributed by atoms with Crippen molar-refractivity contribution in [3.05, 3.63) is 0 Å². The highest BCUT2D eigenvalue weighted by Gasteiger charge is 2.28. The van der Waals surface area contributed by atoms with Crippen molar-refractivity contribution >= 4 is 10.0 Å². The molecule has 1 unspecified atom stereocenters. The summed E-state index contributed by atoms with van der Waals surface area (Å²) in [4.78, 5) is 1.99. The summed E-state index contributed by atoms with van der Waals surface area (Å²) in [5, 5.41) is 2.91. The van der Waals surface area contributed by atoms with Gasteiger partial charge in [-0.3, -0.25) is 0 Å². The molecule has 0 amide bonds. The molecule has 6 heteroatoms. The molecule has 0 aromatic carbocycles. The Morgan fingerprint density at radius 2 is 1.82 bits per heavy atom. The molecule has 0 aromatic rings. The van der Waals surface area contributed by atoms with E-state index in [9.17, 15) is 8.42 Å². The van der Waals surface area contributed by atoms with Gasteiger partial charge >= 0.3 is 0 Å². The van der Waals surface area contributed by atoms with Crippen molar-refractivity contribution in [2.45, 2.75) is 31.1 Å². The van der Waals surface area contributed by atoms with Crippen LogP contribution in [0.3, 0.4) is 0 Å². The molecule has 5 nitrogen and oxygen atoms in total. The number of hydrogen-bond acceptors (Lipinski definition) is 4. The molecule has 0 spiro atoms. The molecule has 1 fully saturated rings. The van der Waals surface area contributed by atoms with E-state index in [4.69, 9.17) is 0 Å². The zero-order chi connectivity index (χ0) is 13.1. The van der Waals surface area contributed by atoms with Gasteiger partial charge in [-0.15, -0.1) is 0 Å². The summed E-state index contributed by atoms with van der Waals surface area (Å²) in [5.74, 6) is 0. The van der Waals surface area contributed by atoms with Gasteiger partial charge in [0.1, 0.15) is 0 Å². The largest absolute Gasteiger partial charge is 0.313 e. The Hall–Kier alpha value is -0.170. The minimum Gasteiger partial charge on any atom is -0.313 e. The first-order chi connectivity index (χ1) is 7.84. The molecule has 1 saturated carbocycles. The second-order valence-electron chi connectivity index (χ2n) is 5.16. The molecule has 1 atom stereocenters. The minimum atomic E-state index is -3.16. The third kappa shape index (κ3) is 4.91. The van der Waals surface area contributed by atoms with Crippen LogP contribution < -0.4 is 5.32 Å². The molecule has 0 radical (unpaired) electrons. The highest BCUT2D eigenvalue weighted by atomic mass is 32.2. The summed E-state index contributed by atoms with van der Waals surface area (Å²) in [6.45, 7) is 3.62. The van der Waals surface area contributed by atoms with Gasteiger partial charge in [0, 0.05) is 32.7 Å². The number of nitrogens with zero attached hydrogens (tertiary/aromatic N) is 2. The van der Waals surface area contributed by atoms with Gasteiger partial charge in [0.05, 0.1) is 5.25 Å². The first kappa shape index (κ1) is 14.9. The number of sulfonamides is 1. The van der Waals surface area contributed by atoms with Crippen LogP contribution in [0.2, 0.25) is 0 Å². The van der Waals surface area contributed by atoms with Crippen LogP contribution in [0.1, 0.15) is 19.8 Å². The van der Waals surface area contributed by atoms with Gasteiger partial charge in [0.25, 0.3) is 0 Å². The van der Waals surface area contributed by atoms with Crippen molar-refractivity contribution in [2.75, 3.05) is 40.8 Å². The maximum atomic E-state index is 12.1. The molecule has 0 saturated heterocycles. The van der Waals surface area contributed by atoms with Crippen LogP contribution in [0.15, 0.2) is 0 Å². The monoisotopic (exact) mass is 263 g/mol. The van der Waals surface area contributed by atoms with E-state index >= 15 is 0 Å². The zero-order valence-corrected chi connectivity index (χ0v) is 12.1. The fourth-order valence-corrected chi connectivity index (χ4v) is 2.76. The Morgan fingerprint density at radius 1 is 1.24 bits per heavy atom. The van der Waals surface area contributed by atoms with Crippen molar-refractivity contribution < 1.29 is 8.42 Å². The Balaban J connectivity index is 2.40. The van der Waals surface area contributed by atoms with Crippen molar-refractivity contribution in [1.29, 1.82) is 0 Å². The fraction of sp³-hybridized carbons (Fsp3) is 1.00. The van der Waals surface area contributed by atoms with Gasteiger partial charge in [-0.25, -0.2) is 12.7 Å². The Morgan fingerprint density at radius 3 is 2.29 bits per heavy atom. The first-order valence-electron chi connectivity index (χ1n) is 6.17. The molecule has 1 aliphatic carbocycles. The van der Waals surface area contributed by atoms with Crippen LogP contribution in [-0.4, -0.2) is 69.7 Å². The molecular weight excluding hydrogens is 238 g/mol. The molecule has 1 N–H and O–H groups in total. The predicted molar refractivity (Wildman–Crippen MR) is 70.6 cm³/mol. The Kier molecular flexibility index (Phi) is 5.37. The molecule has 0 aromatic heterocycles. The van der Waals surface area contributed by atoms with Crippen LogP contribution in [-0.2, 0) is 10.0 Å². The zero-order valence-electron chi connectivity index (χ0n) is 11.3. The molecule has 0 heterocycles. The number of hydrogen-bond donors (Lipinski definition) is 1. The topological polar surface area (TPSA) is 52.7 Å². The van der Waals surface area contributed by atoms with Crippen molar-refractivity contribution in [2.24, 2.45) is 0 Å². The van der Waals surface area contributed by atoms with E-state index in [0.717, 1.165) is 6.54 Å². The number of likely N-dealkylation sites (N-methyl/N-ethyl adjacent to an activating group) is 2. The van der Waals surface area contributed by atoms with Crippen LogP contribution in [0, 0.1) is 0 Å². The third-order valence-electron chi connectivity index (χ3n) is 3.08. The lowest BCUT2D eigenvalue weighted by atomic mass is 10.4. The second-order valence-corrected chi connectivity index (χ2v) is 7.62. The third-order valence-corrected chi connectivity index (χ3v) is 5.31. The Bertz CT molecular complexity index is 308. The van der Waals surface area contributed by atoms with Gasteiger partial charge in [-0.05, 0) is 33.9 Å². The first-order valence-corrected chi connectivity index (χ1v) is 7.67. The maximum absolute atomic E-state index is 12.1. The highest BCUT2D eigenvalue weighted by molar-refractivity contribution is 7.89. The number of rotatable bonds is 8. The molecule has 102 valence electrons. The van der Waals surface area contributed by atoms with E-state index in [1.165, 1.54) is 17.1 Å². The average Bonchev–Trinajstić information content (AvgIpc) is 3.05. The quantitative estimate of drug-likeness (QED) is 0.667. The highest BCUT2D eigenvalue weighted by Crippen LogP contribution is 2.19. The standard InChI is InChI=1S/C11H25N3O2S/c1-10(9-12-11-5-6-11)17(15,16)14(4)8-7-13(2)3/h10-12H,5-9H2,1-4H3. The normalized spacial score (nSPS) is 18.9. The van der Waals surface area contributed by atoms with Gasteiger partial charge in [0.2, 0.25) is 10.0 Å². The predicted octanol–water partition coefficient (Wildman–Crippen LogP) is -0.0499. The van der Waals surface area contributed by atoms with E-state index in [0.29, 0.717) is 19.1 Å². The molecule has 1 aliphatic rings. The van der Waals surface area contributed by atoms with Crippen LogP contribution >= 0.6 is 0 Å². The van der Waals surface area contributed by atoms with E-state index in [1.54, 1.807) is 14.0 Å². The van der Waals surface area contributed by atoms with Crippen LogP contribution in [0.5, 0.6) is 0 Å². The maximum Gasteiger partial charge on any atom is 0.217 e. The summed E-state index contributed by atoms with van der Waals surface area (Å²) in [6, 6.07) is 0.555. The summed E-state index contributed by atoms with van der Waals surface area (Å²) < 4.78 is 25.8. The van der Waals surface area contributed by atoms with Crippen LogP contribution in [0.25, 0.3) is 0 Å². The lowest BCUT2D eigenvalue weighted by Crippen LogP contribution is -2.42. The van der Waals surface area contributed by atoms with Crippen molar-refractivity contribution in [1.82, 2.24) is 14.5 Å². The molecule has 0 aliphatic heterocycles. The molecule has 1 rings (SSSR count).